The summed E-state index contributed by atoms with van der Waals surface area (Å²) in [6, 6.07) is 17.9. The van der Waals surface area contributed by atoms with E-state index in [1.54, 1.807) is 60.8 Å². The highest BCUT2D eigenvalue weighted by Crippen LogP contribution is 2.21. The van der Waals surface area contributed by atoms with Gasteiger partial charge in [-0.1, -0.05) is 29.3 Å². The Kier molecular flexibility index (Phi) is 6.64. The summed E-state index contributed by atoms with van der Waals surface area (Å²) in [4.78, 5) is 0.143. The number of hydrogen-bond acceptors (Lipinski definition) is 5. The first kappa shape index (κ1) is 21.0. The first-order valence-electron chi connectivity index (χ1n) is 8.38. The summed E-state index contributed by atoms with van der Waals surface area (Å²) >= 11 is 11.9. The summed E-state index contributed by atoms with van der Waals surface area (Å²) in [5, 5.41) is 5.16. The number of benzene rings is 3. The van der Waals surface area contributed by atoms with E-state index in [0.29, 0.717) is 32.7 Å². The molecule has 0 aliphatic carbocycles. The zero-order valence-corrected chi connectivity index (χ0v) is 17.6. The quantitative estimate of drug-likeness (QED) is 0.381. The lowest BCUT2D eigenvalue weighted by atomic mass is 10.2. The Bertz CT molecular complexity index is 1120. The highest BCUT2D eigenvalue weighted by molar-refractivity contribution is 7.92. The minimum atomic E-state index is -3.69. The van der Waals surface area contributed by atoms with Gasteiger partial charge in [-0.15, -0.1) is 0 Å². The van der Waals surface area contributed by atoms with Gasteiger partial charge in [-0.2, -0.15) is 5.10 Å². The van der Waals surface area contributed by atoms with Gasteiger partial charge >= 0.3 is 0 Å². The molecule has 3 aromatic rings. The molecule has 9 heteroatoms. The van der Waals surface area contributed by atoms with Gasteiger partial charge < -0.3 is 4.74 Å². The molecule has 0 saturated carbocycles. The standard InChI is InChI=1S/C20H17Cl2N3O3S/c1-28-18-8-10-19(11-9-18)29(26,27)25-17-6-4-16(5-7-17)24-23-13-14-2-3-15(21)12-20(14)22/h2-13,24-25H,1H3/b23-13+. The molecule has 0 amide bonds. The number of ether oxygens (including phenoxy) is 1. The minimum Gasteiger partial charge on any atom is -0.497 e. The Morgan fingerprint density at radius 3 is 2.21 bits per heavy atom. The van der Waals surface area contributed by atoms with Crippen LogP contribution in [0.15, 0.2) is 76.7 Å². The number of nitrogens with zero attached hydrogens (tertiary/aromatic N) is 1. The molecule has 3 aromatic carbocycles. The third kappa shape index (κ3) is 5.63. The predicted molar refractivity (Wildman–Crippen MR) is 118 cm³/mol. The van der Waals surface area contributed by atoms with Crippen molar-refractivity contribution >= 4 is 50.8 Å². The van der Waals surface area contributed by atoms with Crippen molar-refractivity contribution in [2.75, 3.05) is 17.3 Å². The van der Waals surface area contributed by atoms with Crippen LogP contribution in [0.25, 0.3) is 0 Å². The molecule has 0 aliphatic rings. The van der Waals surface area contributed by atoms with Crippen LogP contribution in [0.2, 0.25) is 10.0 Å². The average molecular weight is 450 g/mol. The number of rotatable bonds is 7. The number of halogens is 2. The molecule has 0 spiro atoms. The van der Waals surface area contributed by atoms with Crippen LogP contribution in [-0.2, 0) is 10.0 Å². The highest BCUT2D eigenvalue weighted by Gasteiger charge is 2.14. The van der Waals surface area contributed by atoms with Gasteiger partial charge in [0.1, 0.15) is 5.75 Å². The van der Waals surface area contributed by atoms with Crippen molar-refractivity contribution in [1.29, 1.82) is 0 Å². The van der Waals surface area contributed by atoms with Crippen molar-refractivity contribution in [1.82, 2.24) is 0 Å². The molecule has 0 aromatic heterocycles. The third-order valence-electron chi connectivity index (χ3n) is 3.87. The van der Waals surface area contributed by atoms with Crippen LogP contribution in [0.1, 0.15) is 5.56 Å². The third-order valence-corrected chi connectivity index (χ3v) is 5.83. The van der Waals surface area contributed by atoms with Gasteiger partial charge in [0, 0.05) is 16.3 Å². The van der Waals surface area contributed by atoms with E-state index in [9.17, 15) is 8.42 Å². The van der Waals surface area contributed by atoms with Gasteiger partial charge in [-0.3, -0.25) is 10.1 Å². The first-order chi connectivity index (χ1) is 13.9. The Labute approximate surface area is 179 Å². The molecular formula is C20H17Cl2N3O3S. The molecule has 0 aliphatic heterocycles. The molecule has 6 nitrogen and oxygen atoms in total. The van der Waals surface area contributed by atoms with E-state index >= 15 is 0 Å². The van der Waals surface area contributed by atoms with Crippen molar-refractivity contribution < 1.29 is 13.2 Å². The zero-order chi connectivity index (χ0) is 20.9. The van der Waals surface area contributed by atoms with Crippen molar-refractivity contribution in [3.05, 3.63) is 82.3 Å². The summed E-state index contributed by atoms with van der Waals surface area (Å²) in [5.74, 6) is 0.583. The van der Waals surface area contributed by atoms with Gasteiger partial charge in [0.15, 0.2) is 0 Å². The maximum absolute atomic E-state index is 12.5. The number of hydrazone groups is 1. The fourth-order valence-electron chi connectivity index (χ4n) is 2.36. The molecule has 0 unspecified atom stereocenters. The van der Waals surface area contributed by atoms with E-state index in [1.807, 2.05) is 0 Å². The molecule has 3 rings (SSSR count). The Morgan fingerprint density at radius 1 is 0.931 bits per heavy atom. The topological polar surface area (TPSA) is 79.8 Å². The Hall–Kier alpha value is -2.74. The first-order valence-corrected chi connectivity index (χ1v) is 10.6. The van der Waals surface area contributed by atoms with Crippen LogP contribution >= 0.6 is 23.2 Å². The van der Waals surface area contributed by atoms with E-state index in [0.717, 1.165) is 0 Å². The van der Waals surface area contributed by atoms with Crippen LogP contribution in [0, 0.1) is 0 Å². The van der Waals surface area contributed by atoms with Crippen molar-refractivity contribution in [2.24, 2.45) is 5.10 Å². The maximum atomic E-state index is 12.5. The second kappa shape index (κ2) is 9.17. The van der Waals surface area contributed by atoms with Gasteiger partial charge in [-0.25, -0.2) is 8.42 Å². The second-order valence-electron chi connectivity index (χ2n) is 5.89. The predicted octanol–water partition coefficient (Wildman–Crippen LogP) is 5.25. The molecule has 0 bridgehead atoms. The van der Waals surface area contributed by atoms with Gasteiger partial charge in [-0.05, 0) is 60.7 Å². The lowest BCUT2D eigenvalue weighted by Gasteiger charge is -2.09. The van der Waals surface area contributed by atoms with Crippen molar-refractivity contribution in [2.45, 2.75) is 4.90 Å². The molecule has 0 radical (unpaired) electrons. The summed E-state index contributed by atoms with van der Waals surface area (Å²) in [6.45, 7) is 0. The SMILES string of the molecule is COc1ccc(S(=O)(=O)Nc2ccc(N/N=C/c3ccc(Cl)cc3Cl)cc2)cc1. The molecule has 29 heavy (non-hydrogen) atoms. The van der Waals surface area contributed by atoms with Crippen molar-refractivity contribution in [3.63, 3.8) is 0 Å². The summed E-state index contributed by atoms with van der Waals surface area (Å²) < 4.78 is 32.5. The number of anilines is 2. The van der Waals surface area contributed by atoms with Crippen molar-refractivity contribution in [3.8, 4) is 5.75 Å². The number of nitrogens with one attached hydrogen (secondary N) is 2. The van der Waals surface area contributed by atoms with E-state index < -0.39 is 10.0 Å². The molecule has 0 heterocycles. The minimum absolute atomic E-state index is 0.143. The van der Waals surface area contributed by atoms with Gasteiger partial charge in [0.05, 0.1) is 28.9 Å². The Morgan fingerprint density at radius 2 is 1.59 bits per heavy atom. The summed E-state index contributed by atoms with van der Waals surface area (Å²) in [7, 11) is -2.17. The zero-order valence-electron chi connectivity index (χ0n) is 15.3. The molecule has 0 atom stereocenters. The number of methoxy groups -OCH3 is 1. The molecular weight excluding hydrogens is 433 g/mol. The lowest BCUT2D eigenvalue weighted by molar-refractivity contribution is 0.414. The van der Waals surface area contributed by atoms with Crippen LogP contribution in [0.5, 0.6) is 5.75 Å². The average Bonchev–Trinajstić information content (AvgIpc) is 2.71. The van der Waals surface area contributed by atoms with Crippen LogP contribution in [-0.4, -0.2) is 21.7 Å². The maximum Gasteiger partial charge on any atom is 0.261 e. The number of sulfonamides is 1. The Balaban J connectivity index is 1.64. The molecule has 0 saturated heterocycles. The molecule has 2 N–H and O–H groups in total. The highest BCUT2D eigenvalue weighted by atomic mass is 35.5. The van der Waals surface area contributed by atoms with Crippen LogP contribution < -0.4 is 14.9 Å². The van der Waals surface area contributed by atoms with Crippen LogP contribution in [0.4, 0.5) is 11.4 Å². The molecule has 150 valence electrons. The number of hydrogen-bond donors (Lipinski definition) is 2. The summed E-state index contributed by atoms with van der Waals surface area (Å²) in [5.41, 5.74) is 4.68. The monoisotopic (exact) mass is 449 g/mol. The van der Waals surface area contributed by atoms with Gasteiger partial charge in [0.2, 0.25) is 0 Å². The van der Waals surface area contributed by atoms with E-state index in [1.165, 1.54) is 19.2 Å². The van der Waals surface area contributed by atoms with Gasteiger partial charge in [0.25, 0.3) is 10.0 Å². The largest absolute Gasteiger partial charge is 0.497 e. The normalized spacial score (nSPS) is 11.4. The summed E-state index contributed by atoms with van der Waals surface area (Å²) in [6.07, 6.45) is 1.57. The van der Waals surface area contributed by atoms with E-state index in [2.05, 4.69) is 15.2 Å². The second-order valence-corrected chi connectivity index (χ2v) is 8.42. The van der Waals surface area contributed by atoms with E-state index in [4.69, 9.17) is 27.9 Å². The smallest absolute Gasteiger partial charge is 0.261 e. The van der Waals surface area contributed by atoms with E-state index in [-0.39, 0.29) is 4.90 Å². The fraction of sp³-hybridized carbons (Fsp3) is 0.0500. The molecule has 0 fully saturated rings. The fourth-order valence-corrected chi connectivity index (χ4v) is 3.88. The lowest BCUT2D eigenvalue weighted by Crippen LogP contribution is -2.12. The van der Waals surface area contributed by atoms with Crippen LogP contribution in [0.3, 0.4) is 0 Å².